The van der Waals surface area contributed by atoms with Gasteiger partial charge in [0.05, 0.1) is 18.2 Å². The number of hydrogen-bond acceptors (Lipinski definition) is 6. The van der Waals surface area contributed by atoms with Gasteiger partial charge in [0, 0.05) is 17.6 Å². The summed E-state index contributed by atoms with van der Waals surface area (Å²) in [6.07, 6.45) is 0.483. The fourth-order valence-corrected chi connectivity index (χ4v) is 3.41. The maximum atomic E-state index is 12.1. The number of nitrogens with one attached hydrogen (secondary N) is 2. The summed E-state index contributed by atoms with van der Waals surface area (Å²) in [5, 5.41) is 18.6. The van der Waals surface area contributed by atoms with E-state index in [9.17, 15) is 9.90 Å². The van der Waals surface area contributed by atoms with Crippen molar-refractivity contribution in [1.29, 1.82) is 0 Å². The molecule has 6 nitrogen and oxygen atoms in total. The Bertz CT molecular complexity index is 898. The van der Waals surface area contributed by atoms with Crippen LogP contribution in [0, 0.1) is 0 Å². The number of nitrogens with two attached hydrogens (primary N) is 1. The highest BCUT2D eigenvalue weighted by molar-refractivity contribution is 7.13. The normalized spacial score (nSPS) is 11.9. The van der Waals surface area contributed by atoms with Gasteiger partial charge in [0.15, 0.2) is 5.13 Å². The van der Waals surface area contributed by atoms with Crippen molar-refractivity contribution in [1.82, 2.24) is 10.3 Å². The number of amides is 1. The number of aliphatic hydroxyl groups is 1. The van der Waals surface area contributed by atoms with Gasteiger partial charge in [-0.15, -0.1) is 11.3 Å². The van der Waals surface area contributed by atoms with Gasteiger partial charge in [-0.3, -0.25) is 4.79 Å². The zero-order chi connectivity index (χ0) is 19.8. The topological polar surface area (TPSA) is 100 Å². The Hall–Kier alpha value is -2.74. The molecule has 1 heterocycles. The Morgan fingerprint density at radius 2 is 2.00 bits per heavy atom. The Labute approximate surface area is 168 Å². The molecule has 0 saturated carbocycles. The minimum Gasteiger partial charge on any atom is -0.387 e. The first kappa shape index (κ1) is 20.0. The van der Waals surface area contributed by atoms with Crippen molar-refractivity contribution in [2.75, 3.05) is 24.1 Å². The lowest BCUT2D eigenvalue weighted by molar-refractivity contribution is -0.115. The number of aliphatic hydroxyl groups excluding tert-OH is 1. The average molecular weight is 397 g/mol. The van der Waals surface area contributed by atoms with Crippen LogP contribution in [0.3, 0.4) is 0 Å². The smallest absolute Gasteiger partial charge is 0.230 e. The molecule has 0 fully saturated rings. The second-order valence-electron chi connectivity index (χ2n) is 6.48. The van der Waals surface area contributed by atoms with Gasteiger partial charge in [0.2, 0.25) is 5.91 Å². The third-order valence-electron chi connectivity index (χ3n) is 4.23. The van der Waals surface area contributed by atoms with Crippen molar-refractivity contribution in [3.63, 3.8) is 0 Å². The number of benzene rings is 2. The quantitative estimate of drug-likeness (QED) is 0.417. The van der Waals surface area contributed by atoms with E-state index in [1.165, 1.54) is 11.3 Å². The highest BCUT2D eigenvalue weighted by Gasteiger charge is 2.08. The summed E-state index contributed by atoms with van der Waals surface area (Å²) in [5.41, 5.74) is 9.04. The van der Waals surface area contributed by atoms with E-state index in [1.54, 1.807) is 5.38 Å². The molecule has 0 aliphatic carbocycles. The van der Waals surface area contributed by atoms with E-state index in [2.05, 4.69) is 15.6 Å². The molecule has 3 rings (SSSR count). The first-order valence-electron chi connectivity index (χ1n) is 9.12. The lowest BCUT2D eigenvalue weighted by atomic mass is 10.1. The summed E-state index contributed by atoms with van der Waals surface area (Å²) in [5.74, 6) is -0.119. The zero-order valence-electron chi connectivity index (χ0n) is 15.5. The predicted octanol–water partition coefficient (Wildman–Crippen LogP) is 2.77. The van der Waals surface area contributed by atoms with Gasteiger partial charge in [0.25, 0.3) is 0 Å². The van der Waals surface area contributed by atoms with E-state index >= 15 is 0 Å². The summed E-state index contributed by atoms with van der Waals surface area (Å²) < 4.78 is 0. The number of carbonyl (C=O) groups is 1. The van der Waals surface area contributed by atoms with Crippen LogP contribution in [-0.4, -0.2) is 29.1 Å². The Morgan fingerprint density at radius 3 is 2.75 bits per heavy atom. The number of rotatable bonds is 9. The van der Waals surface area contributed by atoms with Crippen LogP contribution in [0.5, 0.6) is 0 Å². The molecule has 5 N–H and O–H groups in total. The Balaban J connectivity index is 1.43. The number of carbonyl (C=O) groups excluding carboxylic acids is 1. The van der Waals surface area contributed by atoms with Gasteiger partial charge in [-0.05, 0) is 36.2 Å². The molecule has 0 spiro atoms. The van der Waals surface area contributed by atoms with Gasteiger partial charge < -0.3 is 21.5 Å². The first-order chi connectivity index (χ1) is 13.6. The van der Waals surface area contributed by atoms with Crippen LogP contribution < -0.4 is 16.4 Å². The molecule has 2 aromatic carbocycles. The van der Waals surface area contributed by atoms with Crippen LogP contribution in [0.25, 0.3) is 0 Å². The molecular weight excluding hydrogens is 372 g/mol. The number of thiazole rings is 1. The summed E-state index contributed by atoms with van der Waals surface area (Å²) in [4.78, 5) is 16.2. The monoisotopic (exact) mass is 396 g/mol. The van der Waals surface area contributed by atoms with Crippen molar-refractivity contribution < 1.29 is 9.90 Å². The number of nitrogens with zero attached hydrogens (tertiary/aromatic N) is 1. The molecular formula is C21H24N4O2S. The van der Waals surface area contributed by atoms with E-state index in [4.69, 9.17) is 5.73 Å². The van der Waals surface area contributed by atoms with Crippen LogP contribution in [0.1, 0.15) is 22.9 Å². The maximum absolute atomic E-state index is 12.1. The first-order valence-corrected chi connectivity index (χ1v) is 10.0. The van der Waals surface area contributed by atoms with E-state index < -0.39 is 6.10 Å². The van der Waals surface area contributed by atoms with E-state index in [0.29, 0.717) is 17.4 Å². The van der Waals surface area contributed by atoms with Gasteiger partial charge in [-0.25, -0.2) is 4.98 Å². The fraction of sp³-hybridized carbons (Fsp3) is 0.238. The SMILES string of the molecule is Nc1nc(CC(=O)Nc2cccc(CCNC[C@@H](O)c3ccccc3)c2)cs1. The molecule has 1 atom stereocenters. The van der Waals surface area contributed by atoms with Crippen LogP contribution in [0.2, 0.25) is 0 Å². The molecule has 3 aromatic rings. The molecule has 0 aliphatic heterocycles. The van der Waals surface area contributed by atoms with E-state index in [0.717, 1.165) is 29.8 Å². The van der Waals surface area contributed by atoms with Crippen LogP contribution in [0.15, 0.2) is 60.0 Å². The molecule has 146 valence electrons. The average Bonchev–Trinajstić information content (AvgIpc) is 3.10. The van der Waals surface area contributed by atoms with Gasteiger partial charge in [-0.2, -0.15) is 0 Å². The fourth-order valence-electron chi connectivity index (χ4n) is 2.84. The highest BCUT2D eigenvalue weighted by atomic mass is 32.1. The second kappa shape index (κ2) is 9.98. The molecule has 0 radical (unpaired) electrons. The Morgan fingerprint density at radius 1 is 1.18 bits per heavy atom. The van der Waals surface area contributed by atoms with Crippen molar-refractivity contribution in [2.45, 2.75) is 18.9 Å². The standard InChI is InChI=1S/C21H24N4O2S/c22-21-25-18(14-28-21)12-20(27)24-17-8-4-5-15(11-17)9-10-23-13-19(26)16-6-2-1-3-7-16/h1-8,11,14,19,23,26H,9-10,12-13H2,(H2,22,25)(H,24,27)/t19-/m1/s1. The number of hydrogen-bond donors (Lipinski definition) is 4. The minimum atomic E-state index is -0.522. The molecule has 28 heavy (non-hydrogen) atoms. The largest absolute Gasteiger partial charge is 0.387 e. The number of anilines is 2. The number of nitrogen functional groups attached to an aromatic ring is 1. The summed E-state index contributed by atoms with van der Waals surface area (Å²) >= 11 is 1.33. The van der Waals surface area contributed by atoms with Gasteiger partial charge >= 0.3 is 0 Å². The van der Waals surface area contributed by atoms with Gasteiger partial charge in [0.1, 0.15) is 0 Å². The highest BCUT2D eigenvalue weighted by Crippen LogP contribution is 2.15. The van der Waals surface area contributed by atoms with Crippen molar-refractivity contribution in [3.8, 4) is 0 Å². The Kier molecular flexibility index (Phi) is 7.13. The molecule has 7 heteroatoms. The molecule has 1 aromatic heterocycles. The third kappa shape index (κ3) is 6.16. The zero-order valence-corrected chi connectivity index (χ0v) is 16.3. The molecule has 0 unspecified atom stereocenters. The second-order valence-corrected chi connectivity index (χ2v) is 7.37. The summed E-state index contributed by atoms with van der Waals surface area (Å²) in [6, 6.07) is 17.4. The molecule has 1 amide bonds. The molecule has 0 aliphatic rings. The summed E-state index contributed by atoms with van der Waals surface area (Å²) in [7, 11) is 0. The minimum absolute atomic E-state index is 0.119. The van der Waals surface area contributed by atoms with Crippen LogP contribution in [0.4, 0.5) is 10.8 Å². The third-order valence-corrected chi connectivity index (χ3v) is 4.96. The predicted molar refractivity (Wildman–Crippen MR) is 113 cm³/mol. The van der Waals surface area contributed by atoms with Crippen LogP contribution >= 0.6 is 11.3 Å². The maximum Gasteiger partial charge on any atom is 0.230 e. The number of aromatic nitrogens is 1. The van der Waals surface area contributed by atoms with Gasteiger partial charge in [-0.1, -0.05) is 42.5 Å². The lowest BCUT2D eigenvalue weighted by Gasteiger charge is -2.12. The molecule has 0 bridgehead atoms. The van der Waals surface area contributed by atoms with Crippen molar-refractivity contribution >= 4 is 28.1 Å². The van der Waals surface area contributed by atoms with Crippen molar-refractivity contribution in [3.05, 3.63) is 76.8 Å². The van der Waals surface area contributed by atoms with Crippen molar-refractivity contribution in [2.24, 2.45) is 0 Å². The molecule has 0 saturated heterocycles. The van der Waals surface area contributed by atoms with E-state index in [1.807, 2.05) is 54.6 Å². The lowest BCUT2D eigenvalue weighted by Crippen LogP contribution is -2.23. The van der Waals surface area contributed by atoms with Crippen LogP contribution in [-0.2, 0) is 17.6 Å². The summed E-state index contributed by atoms with van der Waals surface area (Å²) in [6.45, 7) is 1.23. The van der Waals surface area contributed by atoms with E-state index in [-0.39, 0.29) is 12.3 Å².